The standard InChI is InChI=1S/C18H17N3O3/c1-2-13-5-7-14(8-6-13)19-17(22)12-21-18(23)10-9-15(20-21)16-4-3-11-24-16/h3-11H,2,12H2,1H3,(H,19,22). The van der Waals surface area contributed by atoms with Crippen LogP contribution in [0.15, 0.2) is 64.0 Å². The van der Waals surface area contributed by atoms with Gasteiger partial charge < -0.3 is 9.73 Å². The van der Waals surface area contributed by atoms with Gasteiger partial charge in [-0.3, -0.25) is 9.59 Å². The predicted octanol–water partition coefficient (Wildman–Crippen LogP) is 2.70. The van der Waals surface area contributed by atoms with Crippen molar-refractivity contribution >= 4 is 11.6 Å². The maximum atomic E-state index is 12.2. The Morgan fingerprint density at radius 2 is 1.96 bits per heavy atom. The van der Waals surface area contributed by atoms with E-state index < -0.39 is 0 Å². The summed E-state index contributed by atoms with van der Waals surface area (Å²) in [5.41, 5.74) is 2.03. The third-order valence-corrected chi connectivity index (χ3v) is 3.58. The number of anilines is 1. The van der Waals surface area contributed by atoms with Crippen LogP contribution in [0, 0.1) is 0 Å². The van der Waals surface area contributed by atoms with Gasteiger partial charge in [-0.15, -0.1) is 0 Å². The minimum Gasteiger partial charge on any atom is -0.463 e. The fraction of sp³-hybridized carbons (Fsp3) is 0.167. The summed E-state index contributed by atoms with van der Waals surface area (Å²) in [7, 11) is 0. The summed E-state index contributed by atoms with van der Waals surface area (Å²) < 4.78 is 6.38. The number of aromatic nitrogens is 2. The lowest BCUT2D eigenvalue weighted by molar-refractivity contribution is -0.117. The third-order valence-electron chi connectivity index (χ3n) is 3.58. The van der Waals surface area contributed by atoms with Gasteiger partial charge in [0.05, 0.1) is 6.26 Å². The topological polar surface area (TPSA) is 77.1 Å². The van der Waals surface area contributed by atoms with Crippen molar-refractivity contribution in [1.82, 2.24) is 9.78 Å². The Morgan fingerprint density at radius 1 is 1.17 bits per heavy atom. The van der Waals surface area contributed by atoms with E-state index in [0.717, 1.165) is 11.1 Å². The first-order chi connectivity index (χ1) is 11.7. The van der Waals surface area contributed by atoms with Crippen LogP contribution in [0.3, 0.4) is 0 Å². The van der Waals surface area contributed by atoms with Gasteiger partial charge in [0, 0.05) is 11.8 Å². The normalized spacial score (nSPS) is 10.5. The lowest BCUT2D eigenvalue weighted by Crippen LogP contribution is -2.29. The molecule has 0 atom stereocenters. The van der Waals surface area contributed by atoms with Crippen LogP contribution in [0.25, 0.3) is 11.5 Å². The lowest BCUT2D eigenvalue weighted by atomic mass is 10.1. The van der Waals surface area contributed by atoms with Gasteiger partial charge >= 0.3 is 0 Å². The van der Waals surface area contributed by atoms with Crippen molar-refractivity contribution in [3.8, 4) is 11.5 Å². The quantitative estimate of drug-likeness (QED) is 0.783. The van der Waals surface area contributed by atoms with Crippen LogP contribution in [0.1, 0.15) is 12.5 Å². The van der Waals surface area contributed by atoms with Crippen LogP contribution in [-0.2, 0) is 17.8 Å². The second-order valence-corrected chi connectivity index (χ2v) is 5.29. The van der Waals surface area contributed by atoms with Crippen molar-refractivity contribution in [2.75, 3.05) is 5.32 Å². The lowest BCUT2D eigenvalue weighted by Gasteiger charge is -2.08. The van der Waals surface area contributed by atoms with E-state index >= 15 is 0 Å². The molecule has 0 fully saturated rings. The number of furan rings is 1. The molecule has 6 nitrogen and oxygen atoms in total. The van der Waals surface area contributed by atoms with Gasteiger partial charge in [0.15, 0.2) is 5.76 Å². The van der Waals surface area contributed by atoms with Gasteiger partial charge in [-0.05, 0) is 42.3 Å². The zero-order valence-electron chi connectivity index (χ0n) is 13.2. The van der Waals surface area contributed by atoms with Gasteiger partial charge in [0.25, 0.3) is 5.56 Å². The number of amides is 1. The van der Waals surface area contributed by atoms with Crippen molar-refractivity contribution in [2.24, 2.45) is 0 Å². The summed E-state index contributed by atoms with van der Waals surface area (Å²) >= 11 is 0. The first-order valence-corrected chi connectivity index (χ1v) is 7.66. The van der Waals surface area contributed by atoms with Crippen molar-refractivity contribution in [3.63, 3.8) is 0 Å². The van der Waals surface area contributed by atoms with E-state index in [1.54, 1.807) is 18.2 Å². The van der Waals surface area contributed by atoms with E-state index in [1.807, 2.05) is 24.3 Å². The first-order valence-electron chi connectivity index (χ1n) is 7.66. The first kappa shape index (κ1) is 15.7. The molecule has 1 N–H and O–H groups in total. The maximum absolute atomic E-state index is 12.2. The number of hydrogen-bond donors (Lipinski definition) is 1. The molecule has 0 aliphatic rings. The molecule has 0 aliphatic heterocycles. The average molecular weight is 323 g/mol. The molecular formula is C18H17N3O3. The zero-order chi connectivity index (χ0) is 16.9. The Hall–Kier alpha value is -3.15. The summed E-state index contributed by atoms with van der Waals surface area (Å²) in [6.07, 6.45) is 2.46. The van der Waals surface area contributed by atoms with Crippen LogP contribution in [-0.4, -0.2) is 15.7 Å². The van der Waals surface area contributed by atoms with E-state index in [1.165, 1.54) is 17.9 Å². The molecule has 0 spiro atoms. The van der Waals surface area contributed by atoms with Gasteiger partial charge in [-0.2, -0.15) is 5.10 Å². The second kappa shape index (κ2) is 6.95. The Labute approximate surface area is 138 Å². The number of carbonyl (C=O) groups excluding carboxylic acids is 1. The Bertz CT molecular complexity index is 881. The minimum atomic E-state index is -0.346. The monoisotopic (exact) mass is 323 g/mol. The van der Waals surface area contributed by atoms with Crippen molar-refractivity contribution in [2.45, 2.75) is 19.9 Å². The van der Waals surface area contributed by atoms with Crippen molar-refractivity contribution in [3.05, 3.63) is 70.7 Å². The SMILES string of the molecule is CCc1ccc(NC(=O)Cn2nc(-c3ccco3)ccc2=O)cc1. The highest BCUT2D eigenvalue weighted by atomic mass is 16.3. The molecule has 3 rings (SSSR count). The van der Waals surface area contributed by atoms with Gasteiger partial charge in [-0.1, -0.05) is 19.1 Å². The molecular weight excluding hydrogens is 306 g/mol. The number of benzene rings is 1. The molecule has 0 bridgehead atoms. The van der Waals surface area contributed by atoms with Crippen LogP contribution < -0.4 is 10.9 Å². The van der Waals surface area contributed by atoms with Crippen LogP contribution in [0.5, 0.6) is 0 Å². The molecule has 3 aromatic rings. The Morgan fingerprint density at radius 3 is 2.62 bits per heavy atom. The molecule has 6 heteroatoms. The third kappa shape index (κ3) is 3.60. The number of nitrogens with zero attached hydrogens (tertiary/aromatic N) is 2. The molecule has 24 heavy (non-hydrogen) atoms. The summed E-state index contributed by atoms with van der Waals surface area (Å²) in [4.78, 5) is 24.1. The number of carbonyl (C=O) groups is 1. The highest BCUT2D eigenvalue weighted by molar-refractivity contribution is 5.90. The molecule has 0 aliphatic carbocycles. The molecule has 0 unspecified atom stereocenters. The molecule has 122 valence electrons. The summed E-state index contributed by atoms with van der Waals surface area (Å²) in [6, 6.07) is 14.0. The highest BCUT2D eigenvalue weighted by Gasteiger charge is 2.09. The predicted molar refractivity (Wildman–Crippen MR) is 90.6 cm³/mol. The highest BCUT2D eigenvalue weighted by Crippen LogP contribution is 2.15. The molecule has 1 amide bonds. The second-order valence-electron chi connectivity index (χ2n) is 5.29. The summed E-state index contributed by atoms with van der Waals surface area (Å²) in [5, 5.41) is 6.93. The van der Waals surface area contributed by atoms with E-state index in [0.29, 0.717) is 17.1 Å². The molecule has 2 aromatic heterocycles. The van der Waals surface area contributed by atoms with Gasteiger partial charge in [0.1, 0.15) is 12.2 Å². The van der Waals surface area contributed by atoms with E-state index in [4.69, 9.17) is 4.42 Å². The summed E-state index contributed by atoms with van der Waals surface area (Å²) in [6.45, 7) is 1.90. The average Bonchev–Trinajstić information content (AvgIpc) is 3.12. The molecule has 2 heterocycles. The fourth-order valence-corrected chi connectivity index (χ4v) is 2.28. The van der Waals surface area contributed by atoms with Crippen molar-refractivity contribution in [1.29, 1.82) is 0 Å². The van der Waals surface area contributed by atoms with Crippen molar-refractivity contribution < 1.29 is 9.21 Å². The number of nitrogens with one attached hydrogen (secondary N) is 1. The number of aryl methyl sites for hydroxylation is 1. The zero-order valence-corrected chi connectivity index (χ0v) is 13.2. The van der Waals surface area contributed by atoms with Crippen LogP contribution in [0.4, 0.5) is 5.69 Å². The van der Waals surface area contributed by atoms with E-state index in [9.17, 15) is 9.59 Å². The van der Waals surface area contributed by atoms with Crippen LogP contribution in [0.2, 0.25) is 0 Å². The number of hydrogen-bond acceptors (Lipinski definition) is 4. The largest absolute Gasteiger partial charge is 0.463 e. The van der Waals surface area contributed by atoms with Crippen LogP contribution >= 0.6 is 0 Å². The Kier molecular flexibility index (Phi) is 4.56. The maximum Gasteiger partial charge on any atom is 0.267 e. The minimum absolute atomic E-state index is 0.164. The molecule has 0 saturated carbocycles. The van der Waals surface area contributed by atoms with E-state index in [2.05, 4.69) is 17.3 Å². The van der Waals surface area contributed by atoms with Gasteiger partial charge in [0.2, 0.25) is 5.91 Å². The molecule has 0 saturated heterocycles. The molecule has 1 aromatic carbocycles. The summed E-state index contributed by atoms with van der Waals surface area (Å²) in [5.74, 6) is 0.227. The molecule has 0 radical (unpaired) electrons. The van der Waals surface area contributed by atoms with E-state index in [-0.39, 0.29) is 18.0 Å². The Balaban J connectivity index is 1.73. The van der Waals surface area contributed by atoms with Gasteiger partial charge in [-0.25, -0.2) is 4.68 Å². The fourth-order valence-electron chi connectivity index (χ4n) is 2.28. The smallest absolute Gasteiger partial charge is 0.267 e. The number of rotatable bonds is 5.